The minimum atomic E-state index is -0.0490. The zero-order valence-electron chi connectivity index (χ0n) is 13.4. The van der Waals surface area contributed by atoms with Crippen molar-refractivity contribution in [3.8, 4) is 0 Å². The third kappa shape index (κ3) is 4.41. The molecule has 0 aromatic carbocycles. The zero-order chi connectivity index (χ0) is 16.1. The molecule has 2 amide bonds. The van der Waals surface area contributed by atoms with Gasteiger partial charge in [0.15, 0.2) is 11.6 Å². The van der Waals surface area contributed by atoms with E-state index in [-0.39, 0.29) is 11.8 Å². The van der Waals surface area contributed by atoms with Gasteiger partial charge in [-0.3, -0.25) is 9.59 Å². The van der Waals surface area contributed by atoms with Crippen LogP contribution in [0.15, 0.2) is 12.1 Å². The van der Waals surface area contributed by atoms with E-state index in [9.17, 15) is 9.59 Å². The van der Waals surface area contributed by atoms with E-state index in [1.165, 1.54) is 0 Å². The Bertz CT molecular complexity index is 521. The first-order valence-electron chi connectivity index (χ1n) is 7.59. The molecule has 2 rings (SSSR count). The highest BCUT2D eigenvalue weighted by atomic mass is 16.2. The smallest absolute Gasteiger partial charge is 0.225 e. The van der Waals surface area contributed by atoms with Crippen LogP contribution in [0.5, 0.6) is 0 Å². The number of aromatic nitrogens is 2. The molecule has 22 heavy (non-hydrogen) atoms. The highest BCUT2D eigenvalue weighted by molar-refractivity contribution is 5.89. The molecule has 7 heteroatoms. The van der Waals surface area contributed by atoms with Crippen molar-refractivity contribution >= 4 is 23.5 Å². The van der Waals surface area contributed by atoms with Crippen LogP contribution in [0.4, 0.5) is 11.6 Å². The molecule has 0 saturated carbocycles. The Labute approximate surface area is 130 Å². The molecule has 0 unspecified atom stereocenters. The van der Waals surface area contributed by atoms with Gasteiger partial charge in [0.1, 0.15) is 0 Å². The maximum atomic E-state index is 11.7. The Morgan fingerprint density at radius 3 is 2.36 bits per heavy atom. The van der Waals surface area contributed by atoms with Crippen molar-refractivity contribution in [3.05, 3.63) is 12.1 Å². The molecule has 0 spiro atoms. The fourth-order valence-electron chi connectivity index (χ4n) is 2.38. The van der Waals surface area contributed by atoms with E-state index in [4.69, 9.17) is 0 Å². The molecule has 1 fully saturated rings. The van der Waals surface area contributed by atoms with Crippen LogP contribution in [0.25, 0.3) is 0 Å². The number of rotatable bonds is 4. The highest BCUT2D eigenvalue weighted by Crippen LogP contribution is 2.14. The van der Waals surface area contributed by atoms with Gasteiger partial charge in [0.05, 0.1) is 0 Å². The van der Waals surface area contributed by atoms with Gasteiger partial charge in [0.2, 0.25) is 11.8 Å². The predicted molar refractivity (Wildman–Crippen MR) is 84.6 cm³/mol. The monoisotopic (exact) mass is 305 g/mol. The SMILES string of the molecule is CC(=O)N1CCN(c2ccc(NC(=O)CC(C)C)nn2)CC1. The lowest BCUT2D eigenvalue weighted by Gasteiger charge is -2.34. The van der Waals surface area contributed by atoms with Crippen molar-refractivity contribution in [2.24, 2.45) is 5.92 Å². The van der Waals surface area contributed by atoms with E-state index in [1.807, 2.05) is 24.8 Å². The molecule has 1 aliphatic rings. The van der Waals surface area contributed by atoms with Gasteiger partial charge in [-0.25, -0.2) is 0 Å². The Morgan fingerprint density at radius 1 is 1.18 bits per heavy atom. The van der Waals surface area contributed by atoms with Crippen LogP contribution in [0.3, 0.4) is 0 Å². The number of nitrogens with zero attached hydrogens (tertiary/aromatic N) is 4. The normalized spacial score (nSPS) is 15.1. The van der Waals surface area contributed by atoms with Crippen molar-refractivity contribution in [1.29, 1.82) is 0 Å². The van der Waals surface area contributed by atoms with Crippen LogP contribution >= 0.6 is 0 Å². The summed E-state index contributed by atoms with van der Waals surface area (Å²) in [5, 5.41) is 11.0. The first-order chi connectivity index (χ1) is 10.5. The summed E-state index contributed by atoms with van der Waals surface area (Å²) in [5.41, 5.74) is 0. The van der Waals surface area contributed by atoms with Crippen LogP contribution < -0.4 is 10.2 Å². The first-order valence-corrected chi connectivity index (χ1v) is 7.59. The van der Waals surface area contributed by atoms with E-state index in [1.54, 1.807) is 13.0 Å². The average molecular weight is 305 g/mol. The van der Waals surface area contributed by atoms with Crippen molar-refractivity contribution in [1.82, 2.24) is 15.1 Å². The Kier molecular flexibility index (Phi) is 5.30. The molecular weight excluding hydrogens is 282 g/mol. The molecule has 7 nitrogen and oxygen atoms in total. The quantitative estimate of drug-likeness (QED) is 0.902. The summed E-state index contributed by atoms with van der Waals surface area (Å²) in [6.07, 6.45) is 0.469. The lowest BCUT2D eigenvalue weighted by molar-refractivity contribution is -0.129. The molecule has 0 radical (unpaired) electrons. The predicted octanol–water partition coefficient (Wildman–Crippen LogP) is 1.13. The van der Waals surface area contributed by atoms with Gasteiger partial charge in [0, 0.05) is 39.5 Å². The van der Waals surface area contributed by atoms with E-state index in [0.29, 0.717) is 31.2 Å². The first kappa shape index (κ1) is 16.2. The fraction of sp³-hybridized carbons (Fsp3) is 0.600. The van der Waals surface area contributed by atoms with Crippen molar-refractivity contribution in [2.75, 3.05) is 36.4 Å². The summed E-state index contributed by atoms with van der Waals surface area (Å²) in [6, 6.07) is 3.61. The van der Waals surface area contributed by atoms with E-state index in [2.05, 4.69) is 20.4 Å². The fourth-order valence-corrected chi connectivity index (χ4v) is 2.38. The van der Waals surface area contributed by atoms with Gasteiger partial charge < -0.3 is 15.1 Å². The summed E-state index contributed by atoms with van der Waals surface area (Å²) in [5.74, 6) is 1.60. The van der Waals surface area contributed by atoms with Crippen molar-refractivity contribution < 1.29 is 9.59 Å². The number of piperazine rings is 1. The molecule has 120 valence electrons. The highest BCUT2D eigenvalue weighted by Gasteiger charge is 2.19. The third-order valence-electron chi connectivity index (χ3n) is 3.56. The minimum absolute atomic E-state index is 0.0490. The minimum Gasteiger partial charge on any atom is -0.352 e. The average Bonchev–Trinajstić information content (AvgIpc) is 2.47. The van der Waals surface area contributed by atoms with Crippen molar-refractivity contribution in [2.45, 2.75) is 27.2 Å². The number of hydrogen-bond acceptors (Lipinski definition) is 5. The van der Waals surface area contributed by atoms with E-state index in [0.717, 1.165) is 18.9 Å². The van der Waals surface area contributed by atoms with E-state index >= 15 is 0 Å². The molecule has 1 N–H and O–H groups in total. The van der Waals surface area contributed by atoms with Gasteiger partial charge in [-0.1, -0.05) is 13.8 Å². The Hall–Kier alpha value is -2.18. The van der Waals surface area contributed by atoms with Crippen LogP contribution in [0.2, 0.25) is 0 Å². The third-order valence-corrected chi connectivity index (χ3v) is 3.56. The summed E-state index contributed by atoms with van der Waals surface area (Å²) >= 11 is 0. The Morgan fingerprint density at radius 2 is 1.86 bits per heavy atom. The summed E-state index contributed by atoms with van der Waals surface area (Å²) < 4.78 is 0. The number of anilines is 2. The summed E-state index contributed by atoms with van der Waals surface area (Å²) in [6.45, 7) is 8.46. The van der Waals surface area contributed by atoms with Gasteiger partial charge in [-0.2, -0.15) is 0 Å². The Balaban J connectivity index is 1.90. The van der Waals surface area contributed by atoms with Crippen LogP contribution in [0, 0.1) is 5.92 Å². The molecule has 1 aliphatic heterocycles. The van der Waals surface area contributed by atoms with Crippen LogP contribution in [0.1, 0.15) is 27.2 Å². The molecule has 1 aromatic heterocycles. The maximum absolute atomic E-state index is 11.7. The standard InChI is InChI=1S/C15H23N5O2/c1-11(2)10-15(22)16-13-4-5-14(18-17-13)20-8-6-19(7-9-20)12(3)21/h4-5,11H,6-10H2,1-3H3,(H,16,17,22). The van der Waals surface area contributed by atoms with Crippen LogP contribution in [-0.4, -0.2) is 53.1 Å². The van der Waals surface area contributed by atoms with Crippen LogP contribution in [-0.2, 0) is 9.59 Å². The number of carbonyl (C=O) groups is 2. The molecule has 2 heterocycles. The molecular formula is C15H23N5O2. The molecule has 0 bridgehead atoms. The second kappa shape index (κ2) is 7.20. The second-order valence-corrected chi connectivity index (χ2v) is 5.92. The number of amides is 2. The number of hydrogen-bond donors (Lipinski definition) is 1. The molecule has 0 aliphatic carbocycles. The summed E-state index contributed by atoms with van der Waals surface area (Å²) in [7, 11) is 0. The van der Waals surface area contributed by atoms with Gasteiger partial charge in [-0.15, -0.1) is 10.2 Å². The van der Waals surface area contributed by atoms with Crippen molar-refractivity contribution in [3.63, 3.8) is 0 Å². The topological polar surface area (TPSA) is 78.4 Å². The van der Waals surface area contributed by atoms with Gasteiger partial charge in [-0.05, 0) is 18.1 Å². The number of nitrogens with one attached hydrogen (secondary N) is 1. The maximum Gasteiger partial charge on any atom is 0.225 e. The second-order valence-electron chi connectivity index (χ2n) is 5.92. The zero-order valence-corrected chi connectivity index (χ0v) is 13.4. The summed E-state index contributed by atoms with van der Waals surface area (Å²) in [4.78, 5) is 26.9. The molecule has 1 saturated heterocycles. The lowest BCUT2D eigenvalue weighted by atomic mass is 10.1. The lowest BCUT2D eigenvalue weighted by Crippen LogP contribution is -2.48. The van der Waals surface area contributed by atoms with Gasteiger partial charge in [0.25, 0.3) is 0 Å². The van der Waals surface area contributed by atoms with Gasteiger partial charge >= 0.3 is 0 Å². The number of carbonyl (C=O) groups excluding carboxylic acids is 2. The molecule has 0 atom stereocenters. The largest absolute Gasteiger partial charge is 0.352 e. The van der Waals surface area contributed by atoms with E-state index < -0.39 is 0 Å². The molecule has 1 aromatic rings.